The highest BCUT2D eigenvalue weighted by molar-refractivity contribution is 5.98. The topological polar surface area (TPSA) is 150 Å². The van der Waals surface area contributed by atoms with Crippen LogP contribution < -0.4 is 16.6 Å². The molecule has 1 amide bonds. The lowest BCUT2D eigenvalue weighted by Crippen LogP contribution is -2.34. The van der Waals surface area contributed by atoms with Gasteiger partial charge in [-0.25, -0.2) is 9.89 Å². The van der Waals surface area contributed by atoms with E-state index in [4.69, 9.17) is 10.8 Å². The third-order valence-electron chi connectivity index (χ3n) is 5.47. The molecule has 182 valence electrons. The minimum atomic E-state index is -0.267. The molecule has 1 aromatic carbocycles. The number of nitrogens with zero attached hydrogens (tertiary/aromatic N) is 5. The van der Waals surface area contributed by atoms with E-state index in [0.717, 1.165) is 36.6 Å². The van der Waals surface area contributed by atoms with Gasteiger partial charge >= 0.3 is 0 Å². The van der Waals surface area contributed by atoms with Crippen LogP contribution in [0.25, 0.3) is 10.9 Å². The van der Waals surface area contributed by atoms with Gasteiger partial charge in [0.2, 0.25) is 5.96 Å². The number of amides is 1. The molecule has 0 saturated heterocycles. The Morgan fingerprint density at radius 1 is 1.14 bits per heavy atom. The molecule has 0 bridgehead atoms. The van der Waals surface area contributed by atoms with E-state index < -0.39 is 0 Å². The fourth-order valence-electron chi connectivity index (χ4n) is 3.67. The van der Waals surface area contributed by atoms with Gasteiger partial charge in [-0.2, -0.15) is 5.26 Å². The third kappa shape index (κ3) is 7.12. The molecular weight excluding hydrogens is 446 g/mol. The van der Waals surface area contributed by atoms with Crippen LogP contribution in [-0.2, 0) is 6.54 Å². The monoisotopic (exact) mass is 475 g/mol. The molecule has 0 aliphatic heterocycles. The normalized spacial score (nSPS) is 11.3. The number of nitriles is 1. The summed E-state index contributed by atoms with van der Waals surface area (Å²) in [5.74, 6) is -0.123. The Bertz CT molecular complexity index is 1270. The minimum Gasteiger partial charge on any atom is -0.395 e. The maximum absolute atomic E-state index is 12.4. The van der Waals surface area contributed by atoms with Gasteiger partial charge in [0.15, 0.2) is 6.19 Å². The highest BCUT2D eigenvalue weighted by Gasteiger charge is 2.10. The number of aliphatic hydroxyl groups excluding tert-OH is 1. The van der Waals surface area contributed by atoms with Gasteiger partial charge in [0.05, 0.1) is 17.8 Å². The first kappa shape index (κ1) is 25.4. The van der Waals surface area contributed by atoms with E-state index in [1.54, 1.807) is 53.4 Å². The van der Waals surface area contributed by atoms with E-state index in [0.29, 0.717) is 24.3 Å². The van der Waals surface area contributed by atoms with Crippen molar-refractivity contribution in [2.24, 2.45) is 10.7 Å². The highest BCUT2D eigenvalue weighted by atomic mass is 16.3. The zero-order chi connectivity index (χ0) is 25.0. The SMILES string of the molecule is N#CN(CCCCCCn1c(=O)ccc2cc(C(=O)NCCO)ccc21)C(N)=Nc1ccncc1. The van der Waals surface area contributed by atoms with Crippen LogP contribution in [0.5, 0.6) is 0 Å². The molecule has 3 aromatic rings. The Labute approximate surface area is 203 Å². The maximum atomic E-state index is 12.4. The van der Waals surface area contributed by atoms with Gasteiger partial charge in [-0.15, -0.1) is 0 Å². The predicted molar refractivity (Wildman–Crippen MR) is 134 cm³/mol. The van der Waals surface area contributed by atoms with Crippen LogP contribution in [0.1, 0.15) is 36.0 Å². The molecule has 0 saturated carbocycles. The van der Waals surface area contributed by atoms with Crippen LogP contribution in [0.4, 0.5) is 5.69 Å². The van der Waals surface area contributed by atoms with E-state index in [1.807, 2.05) is 0 Å². The smallest absolute Gasteiger partial charge is 0.251 e. The van der Waals surface area contributed by atoms with E-state index in [-0.39, 0.29) is 30.6 Å². The number of aliphatic hydroxyl groups is 1. The second kappa shape index (κ2) is 12.9. The number of aryl methyl sites for hydroxylation is 1. The molecule has 10 nitrogen and oxygen atoms in total. The van der Waals surface area contributed by atoms with Crippen LogP contribution in [0, 0.1) is 11.5 Å². The van der Waals surface area contributed by atoms with Gasteiger partial charge in [0.1, 0.15) is 0 Å². The number of guanidine groups is 1. The Morgan fingerprint density at radius 3 is 2.66 bits per heavy atom. The average molecular weight is 476 g/mol. The van der Waals surface area contributed by atoms with Crippen molar-refractivity contribution in [1.82, 2.24) is 19.8 Å². The molecule has 0 spiro atoms. The first-order chi connectivity index (χ1) is 17.0. The summed E-state index contributed by atoms with van der Waals surface area (Å²) < 4.78 is 1.71. The first-order valence-electron chi connectivity index (χ1n) is 11.5. The summed E-state index contributed by atoms with van der Waals surface area (Å²) in [6.45, 7) is 1.08. The Balaban J connectivity index is 1.52. The van der Waals surface area contributed by atoms with Crippen LogP contribution in [0.2, 0.25) is 0 Å². The summed E-state index contributed by atoms with van der Waals surface area (Å²) in [7, 11) is 0. The maximum Gasteiger partial charge on any atom is 0.251 e. The number of carbonyl (C=O) groups is 1. The van der Waals surface area contributed by atoms with Gasteiger partial charge in [0.25, 0.3) is 11.5 Å². The van der Waals surface area contributed by atoms with Gasteiger partial charge in [-0.3, -0.25) is 14.6 Å². The number of fused-ring (bicyclic) bond motifs is 1. The van der Waals surface area contributed by atoms with Crippen molar-refractivity contribution in [2.75, 3.05) is 19.7 Å². The van der Waals surface area contributed by atoms with Gasteiger partial charge in [-0.05, 0) is 54.6 Å². The van der Waals surface area contributed by atoms with E-state index >= 15 is 0 Å². The number of hydrogen-bond acceptors (Lipinski definition) is 6. The number of pyridine rings is 2. The first-order valence-corrected chi connectivity index (χ1v) is 11.5. The van der Waals surface area contributed by atoms with Crippen molar-refractivity contribution in [3.05, 3.63) is 70.8 Å². The molecule has 0 aliphatic carbocycles. The number of rotatable bonds is 11. The number of unbranched alkanes of at least 4 members (excludes halogenated alkanes) is 3. The molecule has 2 heterocycles. The van der Waals surface area contributed by atoms with Crippen molar-refractivity contribution in [3.8, 4) is 6.19 Å². The second-order valence-corrected chi connectivity index (χ2v) is 7.92. The molecular formula is C25H29N7O3. The van der Waals surface area contributed by atoms with Gasteiger partial charge < -0.3 is 20.7 Å². The van der Waals surface area contributed by atoms with Crippen molar-refractivity contribution in [1.29, 1.82) is 5.26 Å². The summed E-state index contributed by atoms with van der Waals surface area (Å²) in [6, 6.07) is 11.8. The van der Waals surface area contributed by atoms with Crippen LogP contribution in [0.3, 0.4) is 0 Å². The summed E-state index contributed by atoms with van der Waals surface area (Å²) in [4.78, 5) is 34.1. The van der Waals surface area contributed by atoms with Crippen LogP contribution >= 0.6 is 0 Å². The standard InChI is InChI=1S/C25H29N7O3/c26-18-31(25(27)30-21-9-11-28-12-10-21)14-3-1-2-4-15-32-22-7-5-20(24(35)29-13-16-33)17-19(22)6-8-23(32)34/h5-12,17,33H,1-4,13-16H2,(H,29,35)(H2,27,28,30). The van der Waals surface area contributed by atoms with Crippen molar-refractivity contribution >= 4 is 28.5 Å². The minimum absolute atomic E-state index is 0.0919. The van der Waals surface area contributed by atoms with E-state index in [2.05, 4.69) is 21.5 Å². The molecule has 0 aliphatic rings. The largest absolute Gasteiger partial charge is 0.395 e. The predicted octanol–water partition coefficient (Wildman–Crippen LogP) is 2.11. The van der Waals surface area contributed by atoms with Gasteiger partial charge in [-0.1, -0.05) is 12.8 Å². The number of nitrogens with two attached hydrogens (primary N) is 1. The van der Waals surface area contributed by atoms with E-state index in [1.165, 1.54) is 11.0 Å². The van der Waals surface area contributed by atoms with Crippen LogP contribution in [-0.4, -0.2) is 51.1 Å². The van der Waals surface area contributed by atoms with Crippen LogP contribution in [0.15, 0.2) is 64.6 Å². The number of nitrogens with one attached hydrogen (secondary N) is 1. The van der Waals surface area contributed by atoms with Gasteiger partial charge in [0, 0.05) is 43.7 Å². The second-order valence-electron chi connectivity index (χ2n) is 7.92. The molecule has 2 aromatic heterocycles. The van der Waals surface area contributed by atoms with Crippen molar-refractivity contribution in [2.45, 2.75) is 32.2 Å². The zero-order valence-corrected chi connectivity index (χ0v) is 19.4. The Kier molecular flexibility index (Phi) is 9.33. The number of aromatic nitrogens is 2. The molecule has 0 fully saturated rings. The molecule has 35 heavy (non-hydrogen) atoms. The molecule has 3 rings (SSSR count). The molecule has 0 atom stereocenters. The lowest BCUT2D eigenvalue weighted by Gasteiger charge is -2.14. The van der Waals surface area contributed by atoms with Crippen molar-refractivity contribution < 1.29 is 9.90 Å². The number of hydrogen-bond donors (Lipinski definition) is 3. The lowest BCUT2D eigenvalue weighted by molar-refractivity contribution is 0.0945. The summed E-state index contributed by atoms with van der Waals surface area (Å²) in [5.41, 5.74) is 7.75. The lowest BCUT2D eigenvalue weighted by atomic mass is 10.1. The van der Waals surface area contributed by atoms with E-state index in [9.17, 15) is 14.9 Å². The number of aliphatic imine (C=N–C) groups is 1. The average Bonchev–Trinajstić information content (AvgIpc) is 2.88. The zero-order valence-electron chi connectivity index (χ0n) is 19.4. The fraction of sp³-hybridized carbons (Fsp3) is 0.320. The summed E-state index contributed by atoms with van der Waals surface area (Å²) in [5, 5.41) is 21.7. The summed E-state index contributed by atoms with van der Waals surface area (Å²) >= 11 is 0. The Hall–Kier alpha value is -4.23. The highest BCUT2D eigenvalue weighted by Crippen LogP contribution is 2.16. The molecule has 0 radical (unpaired) electrons. The number of carbonyl (C=O) groups excluding carboxylic acids is 1. The quantitative estimate of drug-likeness (QED) is 0.126. The molecule has 4 N–H and O–H groups in total. The molecule has 10 heteroatoms. The fourth-order valence-corrected chi connectivity index (χ4v) is 3.67. The number of benzene rings is 1. The Morgan fingerprint density at radius 2 is 1.91 bits per heavy atom. The van der Waals surface area contributed by atoms with Crippen molar-refractivity contribution in [3.63, 3.8) is 0 Å². The third-order valence-corrected chi connectivity index (χ3v) is 5.47. The molecule has 0 unspecified atom stereocenters. The summed E-state index contributed by atoms with van der Waals surface area (Å²) in [6.07, 6.45) is 8.59.